The number of phosphoric ester groups is 1. The van der Waals surface area contributed by atoms with Crippen molar-refractivity contribution in [3.8, 4) is 0 Å². The average molecular weight is 1250 g/mol. The van der Waals surface area contributed by atoms with Gasteiger partial charge in [-0.1, -0.05) is 305 Å². The van der Waals surface area contributed by atoms with Crippen LogP contribution in [0.1, 0.15) is 271 Å². The molecule has 0 amide bonds. The second-order valence-electron chi connectivity index (χ2n) is 22.6. The summed E-state index contributed by atoms with van der Waals surface area (Å²) in [6, 6.07) is 0. The third kappa shape index (κ3) is 72.1. The number of nitrogens with two attached hydrogens (primary N) is 1. The Morgan fingerprint density at radius 1 is 0.337 bits per heavy atom. The summed E-state index contributed by atoms with van der Waals surface area (Å²) in [5.74, 6) is -0.857. The first-order chi connectivity index (χ1) is 43.8. The maximum Gasteiger partial charge on any atom is 0.472 e. The Morgan fingerprint density at radius 3 is 0.865 bits per heavy atom. The molecular formula is C79H128NO8P. The Kier molecular flexibility index (Phi) is 68.2. The molecule has 0 aromatic rings. The molecule has 0 aliphatic rings. The normalized spacial score (nSPS) is 14.1. The van der Waals surface area contributed by atoms with Crippen LogP contribution in [0.3, 0.4) is 0 Å². The second kappa shape index (κ2) is 72.2. The number of hydrogen-bond acceptors (Lipinski definition) is 8. The van der Waals surface area contributed by atoms with Gasteiger partial charge in [0.25, 0.3) is 0 Å². The molecule has 0 rings (SSSR count). The molecule has 0 saturated carbocycles. The third-order valence-electron chi connectivity index (χ3n) is 14.3. The first kappa shape index (κ1) is 84.1. The van der Waals surface area contributed by atoms with Crippen LogP contribution < -0.4 is 5.73 Å². The van der Waals surface area contributed by atoms with E-state index in [9.17, 15) is 19.0 Å². The molecule has 0 spiro atoms. The van der Waals surface area contributed by atoms with Crippen LogP contribution in [0.2, 0.25) is 0 Å². The minimum atomic E-state index is -4.41. The molecule has 10 heteroatoms. The molecule has 0 bridgehead atoms. The molecule has 89 heavy (non-hydrogen) atoms. The van der Waals surface area contributed by atoms with Crippen molar-refractivity contribution in [1.29, 1.82) is 0 Å². The van der Waals surface area contributed by atoms with Crippen LogP contribution in [0.5, 0.6) is 0 Å². The van der Waals surface area contributed by atoms with Crippen LogP contribution >= 0.6 is 7.82 Å². The lowest BCUT2D eigenvalue weighted by Crippen LogP contribution is -2.29. The zero-order chi connectivity index (χ0) is 64.4. The monoisotopic (exact) mass is 1250 g/mol. The third-order valence-corrected chi connectivity index (χ3v) is 15.3. The topological polar surface area (TPSA) is 134 Å². The van der Waals surface area contributed by atoms with Gasteiger partial charge in [0.15, 0.2) is 6.10 Å². The maximum absolute atomic E-state index is 12.8. The SMILES string of the molecule is CC/C=C\C/C=C\C/C=C\C/C=C\C/C=C\C/C=C\C/C=C\C/C=C\CCCCCCCCCCCCCCCCCCC(=O)OC(COC(=O)CCCCCCC/C=C\C/C=C\C/C=C\C/C=C\C/C=C\C/C=C\C/C=C\CC)COP(=O)(O)OCCN. The highest BCUT2D eigenvalue weighted by Gasteiger charge is 2.26. The summed E-state index contributed by atoms with van der Waals surface area (Å²) in [7, 11) is -4.41. The van der Waals surface area contributed by atoms with Crippen LogP contribution in [0, 0.1) is 0 Å². The number of allylic oxidation sites excluding steroid dienone is 30. The van der Waals surface area contributed by atoms with Gasteiger partial charge >= 0.3 is 19.8 Å². The largest absolute Gasteiger partial charge is 0.472 e. The van der Waals surface area contributed by atoms with Crippen LogP contribution in [0.25, 0.3) is 0 Å². The molecule has 2 atom stereocenters. The summed E-state index contributed by atoms with van der Waals surface area (Å²) in [6.07, 6.45) is 108. The summed E-state index contributed by atoms with van der Waals surface area (Å²) in [6.45, 7) is 3.49. The van der Waals surface area contributed by atoms with E-state index in [4.69, 9.17) is 24.3 Å². The zero-order valence-electron chi connectivity index (χ0n) is 56.3. The summed E-state index contributed by atoms with van der Waals surface area (Å²) < 4.78 is 33.2. The quantitative estimate of drug-likeness (QED) is 0.0264. The van der Waals surface area contributed by atoms with E-state index in [2.05, 4.69) is 196 Å². The van der Waals surface area contributed by atoms with Crippen molar-refractivity contribution in [2.45, 2.75) is 277 Å². The van der Waals surface area contributed by atoms with Crippen molar-refractivity contribution in [2.24, 2.45) is 5.73 Å². The van der Waals surface area contributed by atoms with Gasteiger partial charge in [-0.2, -0.15) is 0 Å². The first-order valence-corrected chi connectivity index (χ1v) is 36.8. The first-order valence-electron chi connectivity index (χ1n) is 35.3. The molecule has 0 aliphatic heterocycles. The molecular weight excluding hydrogens is 1120 g/mol. The van der Waals surface area contributed by atoms with E-state index in [0.717, 1.165) is 148 Å². The Hall–Kier alpha value is -4.89. The summed E-state index contributed by atoms with van der Waals surface area (Å²) in [5, 5.41) is 0. The Labute approximate surface area is 545 Å². The number of unbranched alkanes of at least 4 members (excludes halogenated alkanes) is 21. The van der Waals surface area contributed by atoms with E-state index in [1.54, 1.807) is 0 Å². The van der Waals surface area contributed by atoms with Gasteiger partial charge in [0.2, 0.25) is 0 Å². The zero-order valence-corrected chi connectivity index (χ0v) is 57.2. The molecule has 0 radical (unpaired) electrons. The predicted molar refractivity (Wildman–Crippen MR) is 385 cm³/mol. The second-order valence-corrected chi connectivity index (χ2v) is 24.1. The van der Waals surface area contributed by atoms with Crippen molar-refractivity contribution >= 4 is 19.8 Å². The summed E-state index contributed by atoms with van der Waals surface area (Å²) in [5.41, 5.74) is 5.40. The number of rotatable bonds is 64. The van der Waals surface area contributed by atoms with E-state index in [-0.39, 0.29) is 32.6 Å². The maximum atomic E-state index is 12.8. The molecule has 3 N–H and O–H groups in total. The molecule has 0 aromatic carbocycles. The molecule has 0 heterocycles. The lowest BCUT2D eigenvalue weighted by atomic mass is 10.0. The van der Waals surface area contributed by atoms with Crippen LogP contribution in [0.15, 0.2) is 182 Å². The van der Waals surface area contributed by atoms with Gasteiger partial charge < -0.3 is 20.1 Å². The van der Waals surface area contributed by atoms with Crippen LogP contribution in [-0.4, -0.2) is 49.3 Å². The van der Waals surface area contributed by atoms with Gasteiger partial charge in [-0.25, -0.2) is 4.57 Å². The van der Waals surface area contributed by atoms with E-state index in [1.165, 1.54) is 83.5 Å². The lowest BCUT2D eigenvalue weighted by Gasteiger charge is -2.19. The molecule has 0 saturated heterocycles. The van der Waals surface area contributed by atoms with Gasteiger partial charge in [0, 0.05) is 19.4 Å². The molecule has 0 fully saturated rings. The molecule has 2 unspecified atom stereocenters. The van der Waals surface area contributed by atoms with Crippen molar-refractivity contribution in [1.82, 2.24) is 0 Å². The fourth-order valence-corrected chi connectivity index (χ4v) is 9.93. The van der Waals surface area contributed by atoms with Crippen molar-refractivity contribution in [3.63, 3.8) is 0 Å². The van der Waals surface area contributed by atoms with E-state index >= 15 is 0 Å². The van der Waals surface area contributed by atoms with Gasteiger partial charge in [0.1, 0.15) is 6.61 Å². The number of ether oxygens (including phenoxy) is 2. The van der Waals surface area contributed by atoms with Crippen molar-refractivity contribution < 1.29 is 37.6 Å². The number of hydrogen-bond donors (Lipinski definition) is 2. The van der Waals surface area contributed by atoms with Gasteiger partial charge in [0.05, 0.1) is 13.2 Å². The van der Waals surface area contributed by atoms with Gasteiger partial charge in [-0.05, 0) is 135 Å². The summed E-state index contributed by atoms with van der Waals surface area (Å²) >= 11 is 0. The van der Waals surface area contributed by atoms with Gasteiger partial charge in [-0.15, -0.1) is 0 Å². The Balaban J connectivity index is 3.94. The standard InChI is InChI=1S/C79H128NO8P/c1-3-5-7-9-11-13-15-17-19-21-23-25-27-29-31-32-33-34-35-36-37-38-39-40-41-42-43-44-46-48-50-52-54-56-58-60-62-64-66-68-70-72-79(82)88-77(76-87-89(83,84)86-74-73-80)75-85-78(81)71-69-67-65-63-61-59-57-55-53-51-49-47-45-30-28-26-24-22-20-18-16-14-12-10-8-6-4-2/h5-8,11-14,17-20,23-26,29-31,33-34,36-37,39-40,45,49,51,55,57,77H,3-4,9-10,15-16,21-22,27-28,32,35,38,41-44,46-48,50,52-54,56,58-76,80H2,1-2H3,(H,83,84)/b7-5-,8-6-,13-11-,14-12-,19-17-,20-18-,25-23-,26-24-,31-29-,34-33-,37-36-,40-39-,45-30-,51-49-,57-55-. The van der Waals surface area contributed by atoms with E-state index < -0.39 is 32.5 Å². The highest BCUT2D eigenvalue weighted by atomic mass is 31.2. The molecule has 502 valence electrons. The average Bonchev–Trinajstić information content (AvgIpc) is 3.58. The fraction of sp³-hybridized carbons (Fsp3) is 0.595. The minimum absolute atomic E-state index is 0.0423. The molecule has 0 aromatic heterocycles. The Morgan fingerprint density at radius 2 is 0.584 bits per heavy atom. The number of esters is 2. The van der Waals surface area contributed by atoms with Gasteiger partial charge in [-0.3, -0.25) is 18.6 Å². The number of carbonyl (C=O) groups excluding carboxylic acids is 2. The lowest BCUT2D eigenvalue weighted by molar-refractivity contribution is -0.161. The smallest absolute Gasteiger partial charge is 0.462 e. The van der Waals surface area contributed by atoms with Crippen molar-refractivity contribution in [3.05, 3.63) is 182 Å². The van der Waals surface area contributed by atoms with Crippen LogP contribution in [0.4, 0.5) is 0 Å². The predicted octanol–water partition coefficient (Wildman–Crippen LogP) is 23.5. The Bertz CT molecular complexity index is 2110. The number of phosphoric acid groups is 1. The highest BCUT2D eigenvalue weighted by Crippen LogP contribution is 2.43. The van der Waals surface area contributed by atoms with Crippen LogP contribution in [-0.2, 0) is 32.7 Å². The molecule has 9 nitrogen and oxygen atoms in total. The highest BCUT2D eigenvalue weighted by molar-refractivity contribution is 7.47. The summed E-state index contributed by atoms with van der Waals surface area (Å²) in [4.78, 5) is 35.4. The van der Waals surface area contributed by atoms with E-state index in [1.807, 2.05) is 0 Å². The fourth-order valence-electron chi connectivity index (χ4n) is 9.16. The molecule has 0 aliphatic carbocycles. The minimum Gasteiger partial charge on any atom is -0.462 e. The van der Waals surface area contributed by atoms with E-state index in [0.29, 0.717) is 12.8 Å². The number of carbonyl (C=O) groups is 2. The van der Waals surface area contributed by atoms with Crippen molar-refractivity contribution in [2.75, 3.05) is 26.4 Å².